The van der Waals surface area contributed by atoms with Crippen LogP contribution in [0.4, 0.5) is 0 Å². The molecule has 1 amide bonds. The summed E-state index contributed by atoms with van der Waals surface area (Å²) in [7, 11) is 1.65. The number of rotatable bonds is 4. The van der Waals surface area contributed by atoms with Gasteiger partial charge in [-0.1, -0.05) is 18.2 Å². The topological polar surface area (TPSA) is 89.4 Å². The smallest absolute Gasteiger partial charge is 0.238 e. The van der Waals surface area contributed by atoms with Gasteiger partial charge >= 0.3 is 0 Å². The minimum atomic E-state index is -0.291. The van der Waals surface area contributed by atoms with Crippen molar-refractivity contribution >= 4 is 5.91 Å². The first-order valence-corrected chi connectivity index (χ1v) is 7.80. The van der Waals surface area contributed by atoms with Crippen molar-refractivity contribution in [3.8, 4) is 11.9 Å². The number of benzene rings is 1. The number of likely N-dealkylation sites (tertiary alicyclic amines) is 1. The van der Waals surface area contributed by atoms with E-state index in [1.165, 1.54) is 0 Å². The Morgan fingerprint density at radius 2 is 2.26 bits per heavy atom. The summed E-state index contributed by atoms with van der Waals surface area (Å²) in [5, 5.41) is 11.9. The van der Waals surface area contributed by atoms with Crippen LogP contribution in [0.25, 0.3) is 0 Å². The van der Waals surface area contributed by atoms with Crippen molar-refractivity contribution in [1.29, 1.82) is 5.26 Å². The fraction of sp³-hybridized carbons (Fsp3) is 0.500. The summed E-state index contributed by atoms with van der Waals surface area (Å²) in [5.74, 6) is 0.785. The van der Waals surface area contributed by atoms with Crippen LogP contribution in [-0.4, -0.2) is 43.1 Å². The van der Waals surface area contributed by atoms with Crippen molar-refractivity contribution in [2.45, 2.75) is 31.0 Å². The number of hydrazine groups is 1. The van der Waals surface area contributed by atoms with Gasteiger partial charge in [0.2, 0.25) is 5.91 Å². The van der Waals surface area contributed by atoms with Gasteiger partial charge in [0.25, 0.3) is 0 Å². The highest BCUT2D eigenvalue weighted by molar-refractivity contribution is 5.82. The van der Waals surface area contributed by atoms with Crippen molar-refractivity contribution in [1.82, 2.24) is 21.1 Å². The van der Waals surface area contributed by atoms with Crippen LogP contribution in [0, 0.1) is 11.5 Å². The zero-order valence-electron chi connectivity index (χ0n) is 13.1. The molecule has 0 aliphatic carbocycles. The van der Waals surface area contributed by atoms with Crippen LogP contribution in [0.1, 0.15) is 24.4 Å². The average molecular weight is 315 g/mol. The van der Waals surface area contributed by atoms with Gasteiger partial charge in [0, 0.05) is 24.7 Å². The van der Waals surface area contributed by atoms with Crippen LogP contribution in [0.15, 0.2) is 24.3 Å². The number of nitrogens with zero attached hydrogens (tertiary/aromatic N) is 2. The Morgan fingerprint density at radius 1 is 1.43 bits per heavy atom. The Hall–Kier alpha value is -2.30. The van der Waals surface area contributed by atoms with Gasteiger partial charge in [0.15, 0.2) is 6.19 Å². The summed E-state index contributed by atoms with van der Waals surface area (Å²) in [6, 6.07) is 7.59. The molecule has 2 heterocycles. The molecule has 2 fully saturated rings. The minimum absolute atomic E-state index is 0.0281. The standard InChI is InChI=1S/C16H21N5O2/c1-23-15-5-3-2-4-12(15)13-8-14(20-19-13)16(22)18-11-6-7-21(9-11)10-17/h2-5,11,13-14,19-20H,6-9H2,1H3,(H,18,22)/t11-,13?,14?/m1/s1. The normalized spacial score (nSPS) is 26.8. The molecule has 3 rings (SSSR count). The van der Waals surface area contributed by atoms with E-state index < -0.39 is 0 Å². The van der Waals surface area contributed by atoms with Crippen molar-refractivity contribution in [3.05, 3.63) is 29.8 Å². The first-order valence-electron chi connectivity index (χ1n) is 7.80. The number of hydrogen-bond donors (Lipinski definition) is 3. The van der Waals surface area contributed by atoms with Crippen molar-refractivity contribution in [3.63, 3.8) is 0 Å². The number of carbonyl (C=O) groups is 1. The number of nitriles is 1. The lowest BCUT2D eigenvalue weighted by atomic mass is 10.0. The number of ether oxygens (including phenoxy) is 1. The van der Waals surface area contributed by atoms with E-state index in [0.29, 0.717) is 19.5 Å². The predicted octanol–water partition coefficient (Wildman–Crippen LogP) is 0.274. The summed E-state index contributed by atoms with van der Waals surface area (Å²) >= 11 is 0. The van der Waals surface area contributed by atoms with Gasteiger partial charge in [-0.25, -0.2) is 10.9 Å². The summed E-state index contributed by atoms with van der Waals surface area (Å²) in [6.45, 7) is 1.31. The third kappa shape index (κ3) is 3.38. The largest absolute Gasteiger partial charge is 0.496 e. The molecule has 7 nitrogen and oxygen atoms in total. The Morgan fingerprint density at radius 3 is 3.00 bits per heavy atom. The van der Waals surface area contributed by atoms with Crippen molar-refractivity contribution < 1.29 is 9.53 Å². The number of amides is 1. The summed E-state index contributed by atoms with van der Waals surface area (Å²) in [4.78, 5) is 14.1. The maximum Gasteiger partial charge on any atom is 0.238 e. The number of carbonyl (C=O) groups excluding carboxylic acids is 1. The summed E-state index contributed by atoms with van der Waals surface area (Å²) in [5.41, 5.74) is 7.27. The molecule has 122 valence electrons. The van der Waals surface area contributed by atoms with Crippen LogP contribution in [0.3, 0.4) is 0 Å². The zero-order valence-corrected chi connectivity index (χ0v) is 13.1. The molecule has 0 spiro atoms. The van der Waals surface area contributed by atoms with Gasteiger partial charge in [-0.2, -0.15) is 5.26 Å². The third-order valence-electron chi connectivity index (χ3n) is 4.41. The highest BCUT2D eigenvalue weighted by Crippen LogP contribution is 2.29. The number of hydrogen-bond acceptors (Lipinski definition) is 6. The van der Waals surface area contributed by atoms with Crippen LogP contribution >= 0.6 is 0 Å². The molecule has 2 aliphatic rings. The quantitative estimate of drug-likeness (QED) is 0.691. The molecule has 0 aromatic heterocycles. The van der Waals surface area contributed by atoms with E-state index in [1.807, 2.05) is 24.3 Å². The van der Waals surface area contributed by atoms with Crippen LogP contribution in [-0.2, 0) is 4.79 Å². The molecule has 2 aliphatic heterocycles. The van der Waals surface area contributed by atoms with Crippen LogP contribution < -0.4 is 20.9 Å². The monoisotopic (exact) mass is 315 g/mol. The Labute approximate surface area is 135 Å². The van der Waals surface area contributed by atoms with Crippen LogP contribution in [0.2, 0.25) is 0 Å². The molecule has 2 unspecified atom stereocenters. The lowest BCUT2D eigenvalue weighted by molar-refractivity contribution is -0.123. The van der Waals surface area contributed by atoms with E-state index in [4.69, 9.17) is 10.00 Å². The van der Waals surface area contributed by atoms with Crippen molar-refractivity contribution in [2.24, 2.45) is 0 Å². The van der Waals surface area contributed by atoms with E-state index in [-0.39, 0.29) is 24.0 Å². The molecular formula is C16H21N5O2. The summed E-state index contributed by atoms with van der Waals surface area (Å²) in [6.07, 6.45) is 3.59. The van der Waals surface area contributed by atoms with E-state index in [9.17, 15) is 4.79 Å². The second-order valence-electron chi connectivity index (χ2n) is 5.91. The second kappa shape index (κ2) is 6.86. The molecular weight excluding hydrogens is 294 g/mol. The third-order valence-corrected chi connectivity index (χ3v) is 4.41. The molecule has 3 N–H and O–H groups in total. The molecule has 0 radical (unpaired) electrons. The number of nitrogens with one attached hydrogen (secondary N) is 3. The molecule has 1 aromatic carbocycles. The van der Waals surface area contributed by atoms with Gasteiger partial charge in [0.1, 0.15) is 11.8 Å². The molecule has 1 aromatic rings. The van der Waals surface area contributed by atoms with Gasteiger partial charge < -0.3 is 15.0 Å². The molecule has 0 bridgehead atoms. The highest BCUT2D eigenvalue weighted by atomic mass is 16.5. The Balaban J connectivity index is 1.57. The fourth-order valence-electron chi connectivity index (χ4n) is 3.16. The first kappa shape index (κ1) is 15.6. The lowest BCUT2D eigenvalue weighted by Gasteiger charge is -2.16. The first-order chi connectivity index (χ1) is 11.2. The maximum atomic E-state index is 12.4. The number of para-hydroxylation sites is 1. The lowest BCUT2D eigenvalue weighted by Crippen LogP contribution is -2.47. The molecule has 7 heteroatoms. The van der Waals surface area contributed by atoms with Gasteiger partial charge in [-0.05, 0) is 18.9 Å². The maximum absolute atomic E-state index is 12.4. The zero-order chi connectivity index (χ0) is 16.2. The minimum Gasteiger partial charge on any atom is -0.496 e. The molecule has 0 saturated carbocycles. The Bertz CT molecular complexity index is 615. The van der Waals surface area contributed by atoms with E-state index in [0.717, 1.165) is 17.7 Å². The Kier molecular flexibility index (Phi) is 4.65. The van der Waals surface area contributed by atoms with Gasteiger partial charge in [-0.15, -0.1) is 0 Å². The van der Waals surface area contributed by atoms with Gasteiger partial charge in [0.05, 0.1) is 13.2 Å². The summed E-state index contributed by atoms with van der Waals surface area (Å²) < 4.78 is 5.38. The van der Waals surface area contributed by atoms with E-state index in [2.05, 4.69) is 22.4 Å². The number of methoxy groups -OCH3 is 1. The molecule has 3 atom stereocenters. The van der Waals surface area contributed by atoms with E-state index in [1.54, 1.807) is 12.0 Å². The highest BCUT2D eigenvalue weighted by Gasteiger charge is 2.33. The predicted molar refractivity (Wildman–Crippen MR) is 84.1 cm³/mol. The SMILES string of the molecule is COc1ccccc1C1CC(C(=O)N[C@@H]2CCN(C#N)C2)NN1. The second-order valence-corrected chi connectivity index (χ2v) is 5.91. The van der Waals surface area contributed by atoms with Crippen molar-refractivity contribution in [2.75, 3.05) is 20.2 Å². The van der Waals surface area contributed by atoms with E-state index >= 15 is 0 Å². The van der Waals surface area contributed by atoms with Gasteiger partial charge in [-0.3, -0.25) is 4.79 Å². The van der Waals surface area contributed by atoms with Crippen LogP contribution in [0.5, 0.6) is 5.75 Å². The molecule has 23 heavy (non-hydrogen) atoms. The molecule has 2 saturated heterocycles. The average Bonchev–Trinajstić information content (AvgIpc) is 3.24. The fourth-order valence-corrected chi connectivity index (χ4v) is 3.16.